The van der Waals surface area contributed by atoms with Crippen LogP contribution in [0.15, 0.2) is 17.0 Å². The van der Waals surface area contributed by atoms with Gasteiger partial charge < -0.3 is 5.32 Å². The van der Waals surface area contributed by atoms with Gasteiger partial charge in [0.25, 0.3) is 5.69 Å². The summed E-state index contributed by atoms with van der Waals surface area (Å²) in [6, 6.07) is 1.68. The van der Waals surface area contributed by atoms with Crippen LogP contribution in [-0.4, -0.2) is 57.5 Å². The van der Waals surface area contributed by atoms with Gasteiger partial charge in [-0.3, -0.25) is 15.0 Å². The molecule has 2 N–H and O–H groups in total. The summed E-state index contributed by atoms with van der Waals surface area (Å²) in [4.78, 5) is 11.7. The third-order valence-electron chi connectivity index (χ3n) is 3.73. The molecule has 1 aliphatic heterocycles. The number of benzene rings is 1. The smallest absolute Gasteiger partial charge is 0.276 e. The van der Waals surface area contributed by atoms with Crippen LogP contribution in [0.25, 0.3) is 0 Å². The van der Waals surface area contributed by atoms with Crippen LogP contribution in [0.3, 0.4) is 0 Å². The molecule has 0 saturated carbocycles. The van der Waals surface area contributed by atoms with Gasteiger partial charge in [-0.15, -0.1) is 0 Å². The van der Waals surface area contributed by atoms with Crippen LogP contribution in [0, 0.1) is 22.9 Å². The van der Waals surface area contributed by atoms with Crippen LogP contribution in [-0.2, 0) is 10.0 Å². The fourth-order valence-electron chi connectivity index (χ4n) is 2.34. The van der Waals surface area contributed by atoms with Gasteiger partial charge in [0.05, 0.1) is 15.4 Å². The molecule has 1 aromatic carbocycles. The van der Waals surface area contributed by atoms with E-state index in [1.807, 2.05) is 0 Å². The minimum atomic E-state index is -3.99. The highest BCUT2D eigenvalue weighted by Gasteiger charge is 2.23. The van der Waals surface area contributed by atoms with Crippen molar-refractivity contribution >= 4 is 15.7 Å². The van der Waals surface area contributed by atoms with Crippen molar-refractivity contribution in [3.8, 4) is 0 Å². The maximum absolute atomic E-state index is 13.7. The molecule has 0 aromatic heterocycles. The van der Waals surface area contributed by atoms with E-state index in [0.29, 0.717) is 6.54 Å². The van der Waals surface area contributed by atoms with Crippen LogP contribution in [0.1, 0.15) is 5.56 Å². The van der Waals surface area contributed by atoms with E-state index < -0.39 is 31.3 Å². The Bertz CT molecular complexity index is 689. The molecule has 0 aliphatic carbocycles. The Morgan fingerprint density at radius 1 is 1.39 bits per heavy atom. The molecule has 0 unspecified atom stereocenters. The first-order chi connectivity index (χ1) is 10.8. The largest absolute Gasteiger partial charge is 0.314 e. The van der Waals surface area contributed by atoms with Gasteiger partial charge in [0, 0.05) is 45.3 Å². The van der Waals surface area contributed by atoms with Crippen molar-refractivity contribution in [1.82, 2.24) is 14.9 Å². The molecule has 0 bridgehead atoms. The predicted molar refractivity (Wildman–Crippen MR) is 82.3 cm³/mol. The molecule has 0 radical (unpaired) electrons. The van der Waals surface area contributed by atoms with Crippen molar-refractivity contribution in [1.29, 1.82) is 0 Å². The lowest BCUT2D eigenvalue weighted by molar-refractivity contribution is -0.385. The van der Waals surface area contributed by atoms with E-state index in [9.17, 15) is 22.9 Å². The molecule has 0 amide bonds. The number of nitrogens with zero attached hydrogens (tertiary/aromatic N) is 2. The average molecular weight is 346 g/mol. The summed E-state index contributed by atoms with van der Waals surface area (Å²) in [5.41, 5.74) is -0.734. The van der Waals surface area contributed by atoms with Crippen LogP contribution < -0.4 is 10.0 Å². The molecule has 23 heavy (non-hydrogen) atoms. The molecule has 128 valence electrons. The second-order valence-corrected chi connectivity index (χ2v) is 7.06. The van der Waals surface area contributed by atoms with Gasteiger partial charge in [-0.05, 0) is 13.0 Å². The summed E-state index contributed by atoms with van der Waals surface area (Å²) in [6.07, 6.45) is 0. The molecule has 0 spiro atoms. The van der Waals surface area contributed by atoms with Crippen molar-refractivity contribution < 1.29 is 17.7 Å². The number of hydrogen-bond acceptors (Lipinski definition) is 6. The predicted octanol–water partition coefficient (Wildman–Crippen LogP) is 0.226. The summed E-state index contributed by atoms with van der Waals surface area (Å²) in [6.45, 7) is 5.27. The minimum Gasteiger partial charge on any atom is -0.314 e. The lowest BCUT2D eigenvalue weighted by Crippen LogP contribution is -2.46. The van der Waals surface area contributed by atoms with Crippen molar-refractivity contribution in [2.75, 3.05) is 39.3 Å². The highest BCUT2D eigenvalue weighted by Crippen LogP contribution is 2.25. The van der Waals surface area contributed by atoms with E-state index in [1.165, 1.54) is 6.92 Å². The molecule has 0 atom stereocenters. The Balaban J connectivity index is 2.08. The number of nitrogens with one attached hydrogen (secondary N) is 2. The van der Waals surface area contributed by atoms with E-state index in [0.717, 1.165) is 38.3 Å². The van der Waals surface area contributed by atoms with Gasteiger partial charge in [-0.1, -0.05) is 0 Å². The zero-order valence-electron chi connectivity index (χ0n) is 12.7. The van der Waals surface area contributed by atoms with Crippen LogP contribution in [0.2, 0.25) is 0 Å². The Hall–Kier alpha value is -1.62. The fourth-order valence-corrected chi connectivity index (χ4v) is 3.39. The molecule has 1 fully saturated rings. The number of nitro benzene ring substituents is 1. The Labute approximate surface area is 133 Å². The van der Waals surface area contributed by atoms with Crippen molar-refractivity contribution in [3.63, 3.8) is 0 Å². The summed E-state index contributed by atoms with van der Waals surface area (Å²) in [5, 5.41) is 14.1. The fraction of sp³-hybridized carbons (Fsp3) is 0.538. The zero-order chi connectivity index (χ0) is 17.0. The van der Waals surface area contributed by atoms with Crippen molar-refractivity contribution in [3.05, 3.63) is 33.6 Å². The van der Waals surface area contributed by atoms with Crippen LogP contribution in [0.5, 0.6) is 0 Å². The number of hydrogen-bond donors (Lipinski definition) is 2. The highest BCUT2D eigenvalue weighted by molar-refractivity contribution is 7.89. The van der Waals surface area contributed by atoms with Gasteiger partial charge in [-0.2, -0.15) is 0 Å². The SMILES string of the molecule is Cc1c(F)cc(S(=O)(=O)NCCN2CCNCC2)cc1[N+](=O)[O-]. The standard InChI is InChI=1S/C13H19FN4O4S/c1-10-12(14)8-11(9-13(10)18(19)20)23(21,22)16-4-7-17-5-2-15-3-6-17/h8-9,15-16H,2-7H2,1H3. The topological polar surface area (TPSA) is 105 Å². The molecule has 1 heterocycles. The van der Waals surface area contributed by atoms with Gasteiger partial charge in [0.1, 0.15) is 5.82 Å². The van der Waals surface area contributed by atoms with Crippen molar-refractivity contribution in [2.24, 2.45) is 0 Å². The quantitative estimate of drug-likeness (QED) is 0.564. The first-order valence-corrected chi connectivity index (χ1v) is 8.67. The molecular formula is C13H19FN4O4S. The maximum atomic E-state index is 13.7. The van der Waals surface area contributed by atoms with Gasteiger partial charge in [-0.25, -0.2) is 17.5 Å². The first-order valence-electron chi connectivity index (χ1n) is 7.18. The molecule has 2 rings (SSSR count). The van der Waals surface area contributed by atoms with E-state index in [-0.39, 0.29) is 12.1 Å². The number of halogens is 1. The number of rotatable bonds is 6. The van der Waals surface area contributed by atoms with Gasteiger partial charge in [0.2, 0.25) is 10.0 Å². The Kier molecular flexibility index (Phi) is 5.63. The lowest BCUT2D eigenvalue weighted by Gasteiger charge is -2.27. The van der Waals surface area contributed by atoms with Crippen LogP contribution >= 0.6 is 0 Å². The van der Waals surface area contributed by atoms with E-state index in [4.69, 9.17) is 0 Å². The highest BCUT2D eigenvalue weighted by atomic mass is 32.2. The second-order valence-electron chi connectivity index (χ2n) is 5.30. The molecule has 1 saturated heterocycles. The lowest BCUT2D eigenvalue weighted by atomic mass is 10.2. The van der Waals surface area contributed by atoms with Crippen molar-refractivity contribution in [2.45, 2.75) is 11.8 Å². The second kappa shape index (κ2) is 7.30. The third kappa shape index (κ3) is 4.44. The summed E-state index contributed by atoms with van der Waals surface area (Å²) in [5.74, 6) is -0.915. The molecule has 1 aromatic rings. The summed E-state index contributed by atoms with van der Waals surface area (Å²) in [7, 11) is -3.99. The number of nitro groups is 1. The summed E-state index contributed by atoms with van der Waals surface area (Å²) >= 11 is 0. The van der Waals surface area contributed by atoms with E-state index >= 15 is 0 Å². The molecule has 1 aliphatic rings. The number of sulfonamides is 1. The minimum absolute atomic E-state index is 0.158. The maximum Gasteiger partial charge on any atom is 0.276 e. The van der Waals surface area contributed by atoms with E-state index in [1.54, 1.807) is 0 Å². The first kappa shape index (κ1) is 17.7. The normalized spacial score (nSPS) is 16.4. The van der Waals surface area contributed by atoms with Crippen LogP contribution in [0.4, 0.5) is 10.1 Å². The molecule has 8 nitrogen and oxygen atoms in total. The summed E-state index contributed by atoms with van der Waals surface area (Å²) < 4.78 is 40.4. The third-order valence-corrected chi connectivity index (χ3v) is 5.17. The van der Waals surface area contributed by atoms with Gasteiger partial charge >= 0.3 is 0 Å². The number of piperazine rings is 1. The molecule has 10 heteroatoms. The Morgan fingerprint density at radius 3 is 2.65 bits per heavy atom. The Morgan fingerprint density at radius 2 is 2.04 bits per heavy atom. The monoisotopic (exact) mass is 346 g/mol. The zero-order valence-corrected chi connectivity index (χ0v) is 13.5. The molecular weight excluding hydrogens is 327 g/mol. The van der Waals surface area contributed by atoms with E-state index in [2.05, 4.69) is 14.9 Å². The average Bonchev–Trinajstić information content (AvgIpc) is 2.50. The van der Waals surface area contributed by atoms with Gasteiger partial charge in [0.15, 0.2) is 0 Å².